The van der Waals surface area contributed by atoms with E-state index < -0.39 is 5.97 Å². The molecule has 6 heteroatoms. The maximum absolute atomic E-state index is 11.8. The van der Waals surface area contributed by atoms with Crippen LogP contribution in [-0.4, -0.2) is 37.7 Å². The summed E-state index contributed by atoms with van der Waals surface area (Å²) in [6, 6.07) is 6.92. The summed E-state index contributed by atoms with van der Waals surface area (Å²) >= 11 is 3.26. The maximum Gasteiger partial charge on any atom is 0.339 e. The van der Waals surface area contributed by atoms with Crippen LogP contribution in [-0.2, 0) is 14.3 Å². The van der Waals surface area contributed by atoms with E-state index in [0.717, 1.165) is 19.4 Å². The van der Waals surface area contributed by atoms with E-state index in [2.05, 4.69) is 21.2 Å². The van der Waals surface area contributed by atoms with Crippen molar-refractivity contribution in [1.82, 2.24) is 5.32 Å². The molecule has 2 rings (SSSR count). The summed E-state index contributed by atoms with van der Waals surface area (Å²) in [5.74, 6) is -0.842. The van der Waals surface area contributed by atoms with E-state index in [1.54, 1.807) is 24.3 Å². The number of ether oxygens (including phenoxy) is 2. The molecule has 108 valence electrons. The number of amides is 1. The van der Waals surface area contributed by atoms with Gasteiger partial charge in [-0.3, -0.25) is 4.79 Å². The molecule has 1 amide bonds. The average molecular weight is 342 g/mol. The summed E-state index contributed by atoms with van der Waals surface area (Å²) < 4.78 is 11.0. The van der Waals surface area contributed by atoms with Crippen LogP contribution >= 0.6 is 15.9 Å². The van der Waals surface area contributed by atoms with Crippen LogP contribution in [0.1, 0.15) is 23.2 Å². The lowest BCUT2D eigenvalue weighted by Crippen LogP contribution is -2.34. The van der Waals surface area contributed by atoms with Crippen molar-refractivity contribution in [2.24, 2.45) is 0 Å². The Balaban J connectivity index is 1.72. The quantitative estimate of drug-likeness (QED) is 0.831. The van der Waals surface area contributed by atoms with Crippen LogP contribution in [0, 0.1) is 0 Å². The minimum atomic E-state index is -0.523. The van der Waals surface area contributed by atoms with Crippen LogP contribution in [0.15, 0.2) is 28.7 Å². The molecule has 1 fully saturated rings. The van der Waals surface area contributed by atoms with Gasteiger partial charge in [-0.25, -0.2) is 4.79 Å². The molecule has 20 heavy (non-hydrogen) atoms. The third-order valence-corrected chi connectivity index (χ3v) is 3.67. The van der Waals surface area contributed by atoms with Gasteiger partial charge in [0.1, 0.15) is 0 Å². The van der Waals surface area contributed by atoms with Crippen LogP contribution in [0.5, 0.6) is 0 Å². The Bertz CT molecular complexity index is 486. The number of benzene rings is 1. The van der Waals surface area contributed by atoms with Crippen LogP contribution in [0.3, 0.4) is 0 Å². The molecule has 0 aromatic heterocycles. The largest absolute Gasteiger partial charge is 0.452 e. The fourth-order valence-electron chi connectivity index (χ4n) is 1.92. The van der Waals surface area contributed by atoms with E-state index in [9.17, 15) is 9.59 Å². The molecule has 0 spiro atoms. The Morgan fingerprint density at radius 3 is 2.90 bits per heavy atom. The molecule has 0 saturated carbocycles. The predicted octanol–water partition coefficient (Wildman–Crippen LogP) is 1.90. The van der Waals surface area contributed by atoms with Gasteiger partial charge in [-0.05, 0) is 40.9 Å². The van der Waals surface area contributed by atoms with Gasteiger partial charge in [-0.2, -0.15) is 0 Å². The second kappa shape index (κ2) is 7.40. The Kier molecular flexibility index (Phi) is 5.55. The van der Waals surface area contributed by atoms with Crippen molar-refractivity contribution >= 4 is 27.8 Å². The Morgan fingerprint density at radius 2 is 2.20 bits per heavy atom. The van der Waals surface area contributed by atoms with Gasteiger partial charge in [0.25, 0.3) is 5.91 Å². The van der Waals surface area contributed by atoms with E-state index >= 15 is 0 Å². The molecule has 0 unspecified atom stereocenters. The number of hydrogen-bond acceptors (Lipinski definition) is 4. The number of esters is 1. The van der Waals surface area contributed by atoms with E-state index in [1.165, 1.54) is 0 Å². The van der Waals surface area contributed by atoms with Crippen LogP contribution in [0.4, 0.5) is 0 Å². The van der Waals surface area contributed by atoms with Gasteiger partial charge >= 0.3 is 5.97 Å². The molecule has 0 aliphatic carbocycles. The summed E-state index contributed by atoms with van der Waals surface area (Å²) in [7, 11) is 0. The minimum Gasteiger partial charge on any atom is -0.452 e. The summed E-state index contributed by atoms with van der Waals surface area (Å²) in [6.07, 6.45) is 2.06. The van der Waals surface area contributed by atoms with Gasteiger partial charge in [0.05, 0.1) is 11.7 Å². The molecule has 1 atom stereocenters. The standard InChI is InChI=1S/C14H16BrNO4/c15-12-6-2-1-5-11(12)14(18)20-9-13(17)16-8-10-4-3-7-19-10/h1-2,5-6,10H,3-4,7-9H2,(H,16,17)/t10-/m0/s1. The number of hydrogen-bond donors (Lipinski definition) is 1. The second-order valence-corrected chi connectivity index (χ2v) is 5.35. The van der Waals surface area contributed by atoms with Crippen molar-refractivity contribution in [3.05, 3.63) is 34.3 Å². The monoisotopic (exact) mass is 341 g/mol. The molecule has 1 heterocycles. The molecule has 5 nitrogen and oxygen atoms in total. The fraction of sp³-hybridized carbons (Fsp3) is 0.429. The summed E-state index contributed by atoms with van der Waals surface area (Å²) in [5.41, 5.74) is 0.402. The number of nitrogens with one attached hydrogen (secondary N) is 1. The van der Waals surface area contributed by atoms with Crippen molar-refractivity contribution < 1.29 is 19.1 Å². The smallest absolute Gasteiger partial charge is 0.339 e. The van der Waals surface area contributed by atoms with E-state index in [0.29, 0.717) is 16.6 Å². The Labute approximate surface area is 125 Å². The van der Waals surface area contributed by atoms with E-state index in [-0.39, 0.29) is 18.6 Å². The summed E-state index contributed by atoms with van der Waals surface area (Å²) in [4.78, 5) is 23.3. The van der Waals surface area contributed by atoms with E-state index in [1.807, 2.05) is 0 Å². The molecule has 1 aliphatic heterocycles. The van der Waals surface area contributed by atoms with Gasteiger partial charge in [0.2, 0.25) is 0 Å². The Hall–Kier alpha value is -1.40. The van der Waals surface area contributed by atoms with Gasteiger partial charge in [-0.1, -0.05) is 12.1 Å². The molecule has 1 saturated heterocycles. The lowest BCUT2D eigenvalue weighted by Gasteiger charge is -2.11. The van der Waals surface area contributed by atoms with Crippen molar-refractivity contribution in [2.45, 2.75) is 18.9 Å². The summed E-state index contributed by atoms with van der Waals surface area (Å²) in [6.45, 7) is 0.926. The predicted molar refractivity (Wildman–Crippen MR) is 76.4 cm³/mol. The highest BCUT2D eigenvalue weighted by molar-refractivity contribution is 9.10. The lowest BCUT2D eigenvalue weighted by atomic mass is 10.2. The SMILES string of the molecule is O=C(COC(=O)c1ccccc1Br)NC[C@@H]1CCCO1. The summed E-state index contributed by atoms with van der Waals surface area (Å²) in [5, 5.41) is 2.69. The van der Waals surface area contributed by atoms with Gasteiger partial charge in [0.15, 0.2) is 6.61 Å². The zero-order chi connectivity index (χ0) is 14.4. The Morgan fingerprint density at radius 1 is 1.40 bits per heavy atom. The third-order valence-electron chi connectivity index (χ3n) is 2.98. The second-order valence-electron chi connectivity index (χ2n) is 4.50. The molecule has 0 bridgehead atoms. The minimum absolute atomic E-state index is 0.0814. The van der Waals surface area contributed by atoms with Crippen molar-refractivity contribution in [3.8, 4) is 0 Å². The number of rotatable bonds is 5. The first-order valence-corrected chi connectivity index (χ1v) is 7.26. The zero-order valence-electron chi connectivity index (χ0n) is 10.9. The first-order chi connectivity index (χ1) is 9.66. The molecule has 1 N–H and O–H groups in total. The molecular formula is C14H16BrNO4. The first kappa shape index (κ1) is 15.0. The molecular weight excluding hydrogens is 326 g/mol. The molecule has 1 aliphatic rings. The van der Waals surface area contributed by atoms with Crippen LogP contribution < -0.4 is 5.32 Å². The van der Waals surface area contributed by atoms with Crippen LogP contribution in [0.25, 0.3) is 0 Å². The number of carbonyl (C=O) groups is 2. The zero-order valence-corrected chi connectivity index (χ0v) is 12.5. The van der Waals surface area contributed by atoms with E-state index in [4.69, 9.17) is 9.47 Å². The highest BCUT2D eigenvalue weighted by Crippen LogP contribution is 2.16. The van der Waals surface area contributed by atoms with Gasteiger partial charge < -0.3 is 14.8 Å². The number of halogens is 1. The highest BCUT2D eigenvalue weighted by Gasteiger charge is 2.17. The topological polar surface area (TPSA) is 64.6 Å². The van der Waals surface area contributed by atoms with Gasteiger partial charge in [0, 0.05) is 17.6 Å². The molecule has 1 aromatic carbocycles. The van der Waals surface area contributed by atoms with Crippen molar-refractivity contribution in [2.75, 3.05) is 19.8 Å². The third kappa shape index (κ3) is 4.31. The van der Waals surface area contributed by atoms with Gasteiger partial charge in [-0.15, -0.1) is 0 Å². The normalized spacial score (nSPS) is 17.8. The molecule has 0 radical (unpaired) electrons. The van der Waals surface area contributed by atoms with Crippen LogP contribution in [0.2, 0.25) is 0 Å². The lowest BCUT2D eigenvalue weighted by molar-refractivity contribution is -0.124. The average Bonchev–Trinajstić information content (AvgIpc) is 2.96. The first-order valence-electron chi connectivity index (χ1n) is 6.47. The maximum atomic E-state index is 11.8. The molecule has 1 aromatic rings. The fourth-order valence-corrected chi connectivity index (χ4v) is 2.37. The van der Waals surface area contributed by atoms with Crippen molar-refractivity contribution in [3.63, 3.8) is 0 Å². The number of carbonyl (C=O) groups excluding carboxylic acids is 2. The highest BCUT2D eigenvalue weighted by atomic mass is 79.9. The van der Waals surface area contributed by atoms with Crippen molar-refractivity contribution in [1.29, 1.82) is 0 Å².